The summed E-state index contributed by atoms with van der Waals surface area (Å²) in [5, 5.41) is 2.42. The minimum absolute atomic E-state index is 0.00842. The first kappa shape index (κ1) is 22.7. The summed E-state index contributed by atoms with van der Waals surface area (Å²) in [6, 6.07) is 0.380. The van der Waals surface area contributed by atoms with E-state index in [1.54, 1.807) is 0 Å². The number of terminal acetylenes is 1. The third kappa shape index (κ3) is 5.02. The fraction of sp³-hybridized carbons (Fsp3) is 0.316. The lowest BCUT2D eigenvalue weighted by molar-refractivity contribution is -0.208. The highest BCUT2D eigenvalue weighted by Crippen LogP contribution is 2.40. The monoisotopic (exact) mass is 452 g/mol. The van der Waals surface area contributed by atoms with Crippen molar-refractivity contribution in [1.29, 1.82) is 0 Å². The van der Waals surface area contributed by atoms with Gasteiger partial charge in [-0.1, -0.05) is 5.92 Å². The molecule has 2 unspecified atom stereocenters. The minimum Gasteiger partial charge on any atom is -0.463 e. The van der Waals surface area contributed by atoms with Crippen molar-refractivity contribution in [3.63, 3.8) is 0 Å². The standard InChI is InChI=1S/C19H16F4N6O3/c1-3-4-31-14-9-25-12(8-26-14)16(30)28-10-5-11(15(20)27-7-10)18(2)6-13(19(21,22)23)32-17(24)29-18/h1,5,7-9,13H,4,6H2,2H3,(H2,24,29)(H,28,30). The number of anilines is 1. The van der Waals surface area contributed by atoms with E-state index in [0.717, 1.165) is 18.5 Å². The van der Waals surface area contributed by atoms with Gasteiger partial charge in [-0.25, -0.2) is 19.9 Å². The van der Waals surface area contributed by atoms with E-state index >= 15 is 0 Å². The van der Waals surface area contributed by atoms with Crippen molar-refractivity contribution in [3.05, 3.63) is 41.9 Å². The molecule has 13 heteroatoms. The van der Waals surface area contributed by atoms with Crippen molar-refractivity contribution < 1.29 is 31.8 Å². The molecule has 2 atom stereocenters. The van der Waals surface area contributed by atoms with Crippen molar-refractivity contribution in [2.24, 2.45) is 10.7 Å². The van der Waals surface area contributed by atoms with E-state index in [2.05, 4.69) is 35.9 Å². The number of pyridine rings is 1. The number of carbonyl (C=O) groups excluding carboxylic acids is 1. The first-order valence-corrected chi connectivity index (χ1v) is 8.96. The topological polar surface area (TPSA) is 125 Å². The number of hydrogen-bond acceptors (Lipinski definition) is 8. The lowest BCUT2D eigenvalue weighted by atomic mass is 9.86. The maximum absolute atomic E-state index is 14.5. The summed E-state index contributed by atoms with van der Waals surface area (Å²) in [7, 11) is 0. The molecule has 0 saturated heterocycles. The number of ether oxygens (including phenoxy) is 2. The molecule has 32 heavy (non-hydrogen) atoms. The lowest BCUT2D eigenvalue weighted by Crippen LogP contribution is -2.46. The summed E-state index contributed by atoms with van der Waals surface area (Å²) in [5.74, 6) is 0.552. The Bertz CT molecular complexity index is 1080. The zero-order valence-electron chi connectivity index (χ0n) is 16.5. The van der Waals surface area contributed by atoms with Gasteiger partial charge in [0.15, 0.2) is 12.7 Å². The summed E-state index contributed by atoms with van der Waals surface area (Å²) in [6.45, 7) is 1.23. The summed E-state index contributed by atoms with van der Waals surface area (Å²) in [4.78, 5) is 27.5. The summed E-state index contributed by atoms with van der Waals surface area (Å²) in [6.07, 6.45) is 0.593. The van der Waals surface area contributed by atoms with E-state index in [4.69, 9.17) is 16.9 Å². The molecule has 9 nitrogen and oxygen atoms in total. The van der Waals surface area contributed by atoms with Crippen molar-refractivity contribution in [2.45, 2.75) is 31.2 Å². The molecule has 0 spiro atoms. The number of rotatable bonds is 5. The maximum atomic E-state index is 14.5. The highest BCUT2D eigenvalue weighted by Gasteiger charge is 2.50. The van der Waals surface area contributed by atoms with Crippen LogP contribution in [-0.4, -0.2) is 45.8 Å². The third-order valence-corrected chi connectivity index (χ3v) is 4.41. The molecule has 3 heterocycles. The number of halogens is 4. The quantitative estimate of drug-likeness (QED) is 0.405. The molecule has 2 aromatic rings. The molecule has 0 saturated carbocycles. The molecule has 168 valence electrons. The Labute approximate surface area is 179 Å². The van der Waals surface area contributed by atoms with E-state index in [0.29, 0.717) is 0 Å². The highest BCUT2D eigenvalue weighted by molar-refractivity contribution is 6.02. The van der Waals surface area contributed by atoms with E-state index in [1.165, 1.54) is 13.1 Å². The van der Waals surface area contributed by atoms with E-state index in [-0.39, 0.29) is 29.4 Å². The number of nitrogens with two attached hydrogens (primary N) is 1. The van der Waals surface area contributed by atoms with Crippen molar-refractivity contribution >= 4 is 17.6 Å². The van der Waals surface area contributed by atoms with Crippen LogP contribution in [0.5, 0.6) is 5.88 Å². The molecule has 2 aromatic heterocycles. The Balaban J connectivity index is 1.83. The third-order valence-electron chi connectivity index (χ3n) is 4.41. The van der Waals surface area contributed by atoms with Crippen LogP contribution in [0.2, 0.25) is 0 Å². The number of alkyl halides is 3. The normalized spacial score (nSPS) is 20.5. The Morgan fingerprint density at radius 3 is 2.75 bits per heavy atom. The average Bonchev–Trinajstić information content (AvgIpc) is 2.72. The van der Waals surface area contributed by atoms with Crippen molar-refractivity contribution in [3.8, 4) is 18.2 Å². The molecule has 1 aliphatic rings. The van der Waals surface area contributed by atoms with Gasteiger partial charge in [-0.3, -0.25) is 4.79 Å². The predicted octanol–water partition coefficient (Wildman–Crippen LogP) is 2.16. The number of hydrogen-bond donors (Lipinski definition) is 2. The number of amides is 1. The fourth-order valence-corrected chi connectivity index (χ4v) is 2.93. The molecule has 3 rings (SSSR count). The Morgan fingerprint density at radius 2 is 2.12 bits per heavy atom. The molecule has 0 radical (unpaired) electrons. The molecule has 0 bridgehead atoms. The van der Waals surface area contributed by atoms with Crippen LogP contribution in [0.4, 0.5) is 23.2 Å². The van der Waals surface area contributed by atoms with Crippen molar-refractivity contribution in [2.75, 3.05) is 11.9 Å². The fourth-order valence-electron chi connectivity index (χ4n) is 2.93. The minimum atomic E-state index is -4.74. The first-order chi connectivity index (χ1) is 15.0. The van der Waals surface area contributed by atoms with Gasteiger partial charge in [0, 0.05) is 12.0 Å². The van der Waals surface area contributed by atoms with Gasteiger partial charge in [-0.2, -0.15) is 17.6 Å². The predicted molar refractivity (Wildman–Crippen MR) is 103 cm³/mol. The second-order valence-electron chi connectivity index (χ2n) is 6.83. The molecule has 0 aromatic carbocycles. The molecule has 1 amide bonds. The molecule has 3 N–H and O–H groups in total. The molecule has 0 aliphatic carbocycles. The number of aliphatic imine (C=N–C) groups is 1. The van der Waals surface area contributed by atoms with Crippen LogP contribution < -0.4 is 15.8 Å². The van der Waals surface area contributed by atoms with Gasteiger partial charge in [-0.05, 0) is 13.0 Å². The lowest BCUT2D eigenvalue weighted by Gasteiger charge is -2.35. The van der Waals surface area contributed by atoms with Crippen LogP contribution >= 0.6 is 0 Å². The molecule has 0 fully saturated rings. The zero-order valence-corrected chi connectivity index (χ0v) is 16.5. The van der Waals surface area contributed by atoms with Gasteiger partial charge >= 0.3 is 6.18 Å². The summed E-state index contributed by atoms with van der Waals surface area (Å²) >= 11 is 0. The summed E-state index contributed by atoms with van der Waals surface area (Å²) in [5.41, 5.74) is 3.24. The van der Waals surface area contributed by atoms with E-state index in [1.807, 2.05) is 0 Å². The first-order valence-electron chi connectivity index (χ1n) is 8.96. The van der Waals surface area contributed by atoms with Gasteiger partial charge in [-0.15, -0.1) is 6.42 Å². The second kappa shape index (κ2) is 8.66. The number of nitrogens with zero attached hydrogens (tertiary/aromatic N) is 4. The van der Waals surface area contributed by atoms with Crippen LogP contribution in [0.25, 0.3) is 0 Å². The van der Waals surface area contributed by atoms with Gasteiger partial charge < -0.3 is 20.5 Å². The van der Waals surface area contributed by atoms with Gasteiger partial charge in [0.05, 0.1) is 29.8 Å². The maximum Gasteiger partial charge on any atom is 0.425 e. The van der Waals surface area contributed by atoms with Crippen molar-refractivity contribution in [1.82, 2.24) is 15.0 Å². The second-order valence-corrected chi connectivity index (χ2v) is 6.83. The number of nitrogens with one attached hydrogen (secondary N) is 1. The molecular weight excluding hydrogens is 436 g/mol. The number of aromatic nitrogens is 3. The van der Waals surface area contributed by atoms with Gasteiger partial charge in [0.1, 0.15) is 5.69 Å². The number of amidine groups is 1. The summed E-state index contributed by atoms with van der Waals surface area (Å²) < 4.78 is 63.6. The van der Waals surface area contributed by atoms with E-state index in [9.17, 15) is 22.4 Å². The Kier molecular flexibility index (Phi) is 6.15. The smallest absolute Gasteiger partial charge is 0.425 e. The Hall–Kier alpha value is -3.95. The zero-order chi connectivity index (χ0) is 23.5. The largest absolute Gasteiger partial charge is 0.463 e. The van der Waals surface area contributed by atoms with Gasteiger partial charge in [0.25, 0.3) is 11.9 Å². The average molecular weight is 452 g/mol. The van der Waals surface area contributed by atoms with E-state index < -0.39 is 42.1 Å². The van der Waals surface area contributed by atoms with Crippen LogP contribution in [0.15, 0.2) is 29.6 Å². The molecule has 1 aliphatic heterocycles. The van der Waals surface area contributed by atoms with Crippen LogP contribution in [0, 0.1) is 18.3 Å². The highest BCUT2D eigenvalue weighted by atomic mass is 19.4. The van der Waals surface area contributed by atoms with Crippen LogP contribution in [-0.2, 0) is 10.3 Å². The SMILES string of the molecule is C#CCOc1cnc(C(=O)Nc2cnc(F)c(C3(C)CC(C(F)(F)F)OC(N)=N3)c2)cn1. The van der Waals surface area contributed by atoms with Crippen LogP contribution in [0.3, 0.4) is 0 Å². The van der Waals surface area contributed by atoms with Gasteiger partial charge in [0.2, 0.25) is 11.8 Å². The molecular formula is C19H16F4N6O3. The van der Waals surface area contributed by atoms with Crippen LogP contribution in [0.1, 0.15) is 29.4 Å². The number of carbonyl (C=O) groups is 1. The Morgan fingerprint density at radius 1 is 1.38 bits per heavy atom.